The van der Waals surface area contributed by atoms with E-state index in [1.54, 1.807) is 18.5 Å². The van der Waals surface area contributed by atoms with Crippen molar-refractivity contribution in [1.82, 2.24) is 15.0 Å². The maximum Gasteiger partial charge on any atom is 0.226 e. The molecule has 2 aromatic rings. The Balaban J connectivity index is 2.23. The number of hydrogen-bond donors (Lipinski definition) is 2. The number of nitrogens with two attached hydrogens (primary N) is 1. The van der Waals surface area contributed by atoms with Gasteiger partial charge in [-0.1, -0.05) is 11.2 Å². The lowest BCUT2D eigenvalue weighted by Gasteiger charge is -2.20. The fraction of sp³-hybridized carbons (Fsp3) is 0.231. The molecule has 0 unspecified atom stereocenters. The molecule has 7 heteroatoms. The summed E-state index contributed by atoms with van der Waals surface area (Å²) in [5.41, 5.74) is 6.85. The molecular weight excluding hydrogens is 256 g/mol. The third kappa shape index (κ3) is 3.19. The normalized spacial score (nSPS) is 11.3. The highest BCUT2D eigenvalue weighted by Gasteiger charge is 2.11. The molecule has 0 fully saturated rings. The number of nitrogens with zero attached hydrogens (tertiary/aromatic N) is 5. The van der Waals surface area contributed by atoms with Crippen molar-refractivity contribution in [2.75, 3.05) is 11.4 Å². The summed E-state index contributed by atoms with van der Waals surface area (Å²) >= 11 is 0. The molecular formula is C13H16N6O. The van der Waals surface area contributed by atoms with Crippen molar-refractivity contribution < 1.29 is 5.21 Å². The van der Waals surface area contributed by atoms with Crippen molar-refractivity contribution in [2.24, 2.45) is 10.9 Å². The lowest BCUT2D eigenvalue weighted by atomic mass is 10.3. The number of aromatic nitrogens is 3. The van der Waals surface area contributed by atoms with Crippen LogP contribution in [-0.4, -0.2) is 32.5 Å². The van der Waals surface area contributed by atoms with Crippen molar-refractivity contribution >= 4 is 11.8 Å². The van der Waals surface area contributed by atoms with E-state index in [0.717, 1.165) is 12.2 Å². The van der Waals surface area contributed by atoms with Crippen molar-refractivity contribution in [2.45, 2.75) is 13.5 Å². The van der Waals surface area contributed by atoms with E-state index in [2.05, 4.69) is 20.1 Å². The molecule has 0 bridgehead atoms. The highest BCUT2D eigenvalue weighted by molar-refractivity contribution is 5.95. The standard InChI is InChI=1S/C13H16N6O/c1-2-19(9-10-5-3-4-7-15-10)13-16-8-6-11(17-13)12(14)18-20/h3-8,20H,2,9H2,1H3,(H2,14,18). The quantitative estimate of drug-likeness (QED) is 0.364. The van der Waals surface area contributed by atoms with E-state index in [0.29, 0.717) is 18.2 Å². The molecule has 0 aromatic carbocycles. The van der Waals surface area contributed by atoms with Gasteiger partial charge in [0.05, 0.1) is 12.2 Å². The van der Waals surface area contributed by atoms with Gasteiger partial charge in [0.1, 0.15) is 5.69 Å². The fourth-order valence-electron chi connectivity index (χ4n) is 1.71. The second-order valence-corrected chi connectivity index (χ2v) is 4.06. The van der Waals surface area contributed by atoms with Crippen LogP contribution in [0.4, 0.5) is 5.95 Å². The third-order valence-corrected chi connectivity index (χ3v) is 2.76. The molecule has 0 aliphatic rings. The summed E-state index contributed by atoms with van der Waals surface area (Å²) in [5.74, 6) is 0.477. The molecule has 2 rings (SSSR count). The largest absolute Gasteiger partial charge is 0.409 e. The predicted octanol–water partition coefficient (Wildman–Crippen LogP) is 0.993. The molecule has 2 aromatic heterocycles. The van der Waals surface area contributed by atoms with Gasteiger partial charge in [-0.15, -0.1) is 0 Å². The average Bonchev–Trinajstić information content (AvgIpc) is 2.53. The Morgan fingerprint density at radius 2 is 2.15 bits per heavy atom. The Hall–Kier alpha value is -2.70. The van der Waals surface area contributed by atoms with Crippen LogP contribution in [0.5, 0.6) is 0 Å². The van der Waals surface area contributed by atoms with E-state index in [1.165, 1.54) is 0 Å². The number of oxime groups is 1. The van der Waals surface area contributed by atoms with Crippen LogP contribution in [0.25, 0.3) is 0 Å². The van der Waals surface area contributed by atoms with Crippen LogP contribution >= 0.6 is 0 Å². The summed E-state index contributed by atoms with van der Waals surface area (Å²) < 4.78 is 0. The summed E-state index contributed by atoms with van der Waals surface area (Å²) in [7, 11) is 0. The van der Waals surface area contributed by atoms with Gasteiger partial charge >= 0.3 is 0 Å². The SMILES string of the molecule is CCN(Cc1ccccn1)c1nccc(/C(N)=N/O)n1. The van der Waals surface area contributed by atoms with Crippen LogP contribution < -0.4 is 10.6 Å². The third-order valence-electron chi connectivity index (χ3n) is 2.76. The second kappa shape index (κ2) is 6.46. The molecule has 0 aliphatic heterocycles. The molecule has 0 saturated carbocycles. The molecule has 0 atom stereocenters. The molecule has 0 amide bonds. The topological polar surface area (TPSA) is 101 Å². The Morgan fingerprint density at radius 3 is 2.80 bits per heavy atom. The second-order valence-electron chi connectivity index (χ2n) is 4.06. The van der Waals surface area contributed by atoms with E-state index in [-0.39, 0.29) is 5.84 Å². The zero-order valence-corrected chi connectivity index (χ0v) is 11.1. The Kier molecular flexibility index (Phi) is 4.43. The number of amidine groups is 1. The maximum atomic E-state index is 8.69. The number of hydrogen-bond acceptors (Lipinski definition) is 6. The Bertz CT molecular complexity index is 586. The zero-order valence-electron chi connectivity index (χ0n) is 11.1. The van der Waals surface area contributed by atoms with E-state index in [1.807, 2.05) is 30.0 Å². The first kappa shape index (κ1) is 13.7. The minimum absolute atomic E-state index is 0.0393. The van der Waals surface area contributed by atoms with E-state index in [9.17, 15) is 0 Å². The lowest BCUT2D eigenvalue weighted by molar-refractivity contribution is 0.318. The molecule has 2 heterocycles. The molecule has 3 N–H and O–H groups in total. The monoisotopic (exact) mass is 272 g/mol. The van der Waals surface area contributed by atoms with Gasteiger partial charge < -0.3 is 15.8 Å². The fourth-order valence-corrected chi connectivity index (χ4v) is 1.71. The van der Waals surface area contributed by atoms with Crippen LogP contribution in [0, 0.1) is 0 Å². The van der Waals surface area contributed by atoms with Gasteiger partial charge in [-0.05, 0) is 25.1 Å². The van der Waals surface area contributed by atoms with Crippen molar-refractivity contribution in [3.63, 3.8) is 0 Å². The molecule has 104 valence electrons. The first-order chi connectivity index (χ1) is 9.74. The molecule has 0 radical (unpaired) electrons. The van der Waals surface area contributed by atoms with Crippen LogP contribution in [0.1, 0.15) is 18.3 Å². The number of rotatable bonds is 5. The molecule has 0 spiro atoms. The van der Waals surface area contributed by atoms with E-state index < -0.39 is 0 Å². The molecule has 7 nitrogen and oxygen atoms in total. The van der Waals surface area contributed by atoms with Crippen LogP contribution in [0.2, 0.25) is 0 Å². The number of pyridine rings is 1. The van der Waals surface area contributed by atoms with Gasteiger partial charge in [0.15, 0.2) is 5.84 Å². The smallest absolute Gasteiger partial charge is 0.226 e. The van der Waals surface area contributed by atoms with Crippen molar-refractivity contribution in [3.8, 4) is 0 Å². The van der Waals surface area contributed by atoms with Gasteiger partial charge in [0, 0.05) is 18.9 Å². The maximum absolute atomic E-state index is 8.69. The average molecular weight is 272 g/mol. The summed E-state index contributed by atoms with van der Waals surface area (Å²) in [6.45, 7) is 3.32. The first-order valence-corrected chi connectivity index (χ1v) is 6.20. The van der Waals surface area contributed by atoms with Crippen LogP contribution in [-0.2, 0) is 6.54 Å². The van der Waals surface area contributed by atoms with Gasteiger partial charge in [-0.2, -0.15) is 0 Å². The van der Waals surface area contributed by atoms with Crippen LogP contribution in [0.15, 0.2) is 41.8 Å². The molecule has 20 heavy (non-hydrogen) atoms. The predicted molar refractivity (Wildman–Crippen MR) is 75.5 cm³/mol. The lowest BCUT2D eigenvalue weighted by Crippen LogP contribution is -2.26. The van der Waals surface area contributed by atoms with Gasteiger partial charge in [-0.3, -0.25) is 4.98 Å². The highest BCUT2D eigenvalue weighted by Crippen LogP contribution is 2.11. The summed E-state index contributed by atoms with van der Waals surface area (Å²) in [4.78, 5) is 14.7. The summed E-state index contributed by atoms with van der Waals surface area (Å²) in [6.07, 6.45) is 3.33. The minimum atomic E-state index is -0.0393. The Morgan fingerprint density at radius 1 is 1.30 bits per heavy atom. The minimum Gasteiger partial charge on any atom is -0.409 e. The zero-order chi connectivity index (χ0) is 14.4. The summed E-state index contributed by atoms with van der Waals surface area (Å²) in [6, 6.07) is 7.34. The van der Waals surface area contributed by atoms with E-state index >= 15 is 0 Å². The number of anilines is 1. The van der Waals surface area contributed by atoms with E-state index in [4.69, 9.17) is 10.9 Å². The molecule has 0 aliphatic carbocycles. The van der Waals surface area contributed by atoms with Gasteiger partial charge in [0.25, 0.3) is 0 Å². The highest BCUT2D eigenvalue weighted by atomic mass is 16.4. The molecule has 0 saturated heterocycles. The summed E-state index contributed by atoms with van der Waals surface area (Å²) in [5, 5.41) is 11.6. The van der Waals surface area contributed by atoms with Crippen LogP contribution in [0.3, 0.4) is 0 Å². The van der Waals surface area contributed by atoms with Gasteiger partial charge in [-0.25, -0.2) is 9.97 Å². The van der Waals surface area contributed by atoms with Crippen molar-refractivity contribution in [1.29, 1.82) is 0 Å². The van der Waals surface area contributed by atoms with Gasteiger partial charge in [0.2, 0.25) is 5.95 Å². The Labute approximate surface area is 116 Å². The first-order valence-electron chi connectivity index (χ1n) is 6.20. The van der Waals surface area contributed by atoms with Crippen molar-refractivity contribution in [3.05, 3.63) is 48.0 Å².